The van der Waals surface area contributed by atoms with E-state index in [4.69, 9.17) is 0 Å². The monoisotopic (exact) mass is 419 g/mol. The van der Waals surface area contributed by atoms with Gasteiger partial charge in [0, 0.05) is 18.8 Å². The lowest BCUT2D eigenvalue weighted by Gasteiger charge is -2.24. The van der Waals surface area contributed by atoms with Gasteiger partial charge in [-0.1, -0.05) is 24.6 Å². The standard InChI is InChI=1S/C21H30FN5OS/c1-15(25(3)4)19-23-24-21(27(19)18-11-9-17(22)10-12-18)29-16(2)20(28)26-13-7-5-6-8-14-26/h9-12,15-16H,5-8,13-14H2,1-4H3/t15-,16+/m0/s1. The number of benzene rings is 1. The van der Waals surface area contributed by atoms with Gasteiger partial charge in [0.05, 0.1) is 11.3 Å². The molecular weight excluding hydrogens is 389 g/mol. The number of halogens is 1. The second-order valence-electron chi connectivity index (χ2n) is 7.79. The number of aromatic nitrogens is 3. The minimum Gasteiger partial charge on any atom is -0.342 e. The largest absolute Gasteiger partial charge is 0.342 e. The minimum atomic E-state index is -0.289. The zero-order valence-electron chi connectivity index (χ0n) is 17.6. The molecule has 0 aliphatic carbocycles. The van der Waals surface area contributed by atoms with Crippen LogP contribution in [0.5, 0.6) is 0 Å². The molecule has 0 N–H and O–H groups in total. The predicted octanol–water partition coefficient (Wildman–Crippen LogP) is 3.91. The fourth-order valence-corrected chi connectivity index (χ4v) is 4.41. The molecule has 29 heavy (non-hydrogen) atoms. The van der Waals surface area contributed by atoms with Crippen LogP contribution in [0.15, 0.2) is 29.4 Å². The van der Waals surface area contributed by atoms with Crippen molar-refractivity contribution in [3.05, 3.63) is 35.9 Å². The summed E-state index contributed by atoms with van der Waals surface area (Å²) < 4.78 is 15.4. The molecule has 0 radical (unpaired) electrons. The highest BCUT2D eigenvalue weighted by Gasteiger charge is 2.27. The minimum absolute atomic E-state index is 0.0125. The van der Waals surface area contributed by atoms with Crippen LogP contribution in [0, 0.1) is 5.82 Å². The number of rotatable bonds is 6. The third-order valence-corrected chi connectivity index (χ3v) is 6.47. The van der Waals surface area contributed by atoms with Gasteiger partial charge in [0.25, 0.3) is 0 Å². The number of nitrogens with zero attached hydrogens (tertiary/aromatic N) is 5. The Balaban J connectivity index is 1.88. The number of likely N-dealkylation sites (tertiary alicyclic amines) is 1. The molecule has 0 bridgehead atoms. The van der Waals surface area contributed by atoms with Gasteiger partial charge < -0.3 is 4.90 Å². The van der Waals surface area contributed by atoms with Gasteiger partial charge in [0.15, 0.2) is 11.0 Å². The summed E-state index contributed by atoms with van der Waals surface area (Å²) in [7, 11) is 3.96. The van der Waals surface area contributed by atoms with E-state index in [0.29, 0.717) is 5.16 Å². The number of hydrogen-bond acceptors (Lipinski definition) is 5. The van der Waals surface area contributed by atoms with Crippen LogP contribution in [-0.2, 0) is 4.79 Å². The van der Waals surface area contributed by atoms with Crippen molar-refractivity contribution < 1.29 is 9.18 Å². The summed E-state index contributed by atoms with van der Waals surface area (Å²) in [5.74, 6) is 0.620. The van der Waals surface area contributed by atoms with Crippen LogP contribution in [0.3, 0.4) is 0 Å². The van der Waals surface area contributed by atoms with Crippen molar-refractivity contribution in [2.75, 3.05) is 27.2 Å². The SMILES string of the molecule is C[C@@H](Sc1nnc([C@H](C)N(C)C)n1-c1ccc(F)cc1)C(=O)N1CCCCCC1. The van der Waals surface area contributed by atoms with Crippen LogP contribution in [-0.4, -0.2) is 62.9 Å². The molecule has 2 aromatic rings. The Kier molecular flexibility index (Phi) is 7.29. The van der Waals surface area contributed by atoms with E-state index in [0.717, 1.165) is 37.4 Å². The molecule has 0 spiro atoms. The molecule has 2 heterocycles. The first kappa shape index (κ1) is 21.8. The van der Waals surface area contributed by atoms with Crippen LogP contribution in [0.2, 0.25) is 0 Å². The van der Waals surface area contributed by atoms with E-state index in [2.05, 4.69) is 10.2 Å². The summed E-state index contributed by atoms with van der Waals surface area (Å²) in [5, 5.41) is 9.18. The molecule has 1 saturated heterocycles. The van der Waals surface area contributed by atoms with Crippen LogP contribution in [0.4, 0.5) is 4.39 Å². The second-order valence-corrected chi connectivity index (χ2v) is 9.10. The first-order chi connectivity index (χ1) is 13.9. The zero-order valence-corrected chi connectivity index (χ0v) is 18.5. The highest BCUT2D eigenvalue weighted by atomic mass is 32.2. The van der Waals surface area contributed by atoms with E-state index in [1.165, 1.54) is 36.7 Å². The lowest BCUT2D eigenvalue weighted by atomic mass is 10.2. The molecule has 158 valence electrons. The van der Waals surface area contributed by atoms with Crippen molar-refractivity contribution in [3.63, 3.8) is 0 Å². The second kappa shape index (κ2) is 9.71. The van der Waals surface area contributed by atoms with Crippen LogP contribution >= 0.6 is 11.8 Å². The predicted molar refractivity (Wildman–Crippen MR) is 114 cm³/mol. The highest BCUT2D eigenvalue weighted by molar-refractivity contribution is 8.00. The Hall–Kier alpha value is -1.93. The summed E-state index contributed by atoms with van der Waals surface area (Å²) in [6.07, 6.45) is 4.52. The van der Waals surface area contributed by atoms with Crippen molar-refractivity contribution in [1.29, 1.82) is 0 Å². The number of amides is 1. The first-order valence-electron chi connectivity index (χ1n) is 10.2. The van der Waals surface area contributed by atoms with Crippen molar-refractivity contribution in [2.24, 2.45) is 0 Å². The molecule has 1 aliphatic rings. The van der Waals surface area contributed by atoms with Crippen molar-refractivity contribution in [2.45, 2.75) is 56.0 Å². The van der Waals surface area contributed by atoms with Crippen molar-refractivity contribution in [3.8, 4) is 5.69 Å². The van der Waals surface area contributed by atoms with Gasteiger partial charge in [-0.2, -0.15) is 0 Å². The molecule has 2 atom stereocenters. The topological polar surface area (TPSA) is 54.3 Å². The van der Waals surface area contributed by atoms with Crippen LogP contribution in [0.1, 0.15) is 51.4 Å². The average Bonchev–Trinajstić information content (AvgIpc) is 2.92. The smallest absolute Gasteiger partial charge is 0.235 e. The third kappa shape index (κ3) is 5.17. The van der Waals surface area contributed by atoms with Crippen LogP contribution < -0.4 is 0 Å². The summed E-state index contributed by atoms with van der Waals surface area (Å²) in [6, 6.07) is 6.31. The zero-order chi connectivity index (χ0) is 21.0. The average molecular weight is 420 g/mol. The lowest BCUT2D eigenvalue weighted by molar-refractivity contribution is -0.130. The summed E-state index contributed by atoms with van der Waals surface area (Å²) in [6.45, 7) is 5.63. The molecule has 8 heteroatoms. The van der Waals surface area contributed by atoms with E-state index >= 15 is 0 Å². The molecular formula is C21H30FN5OS. The Morgan fingerprint density at radius 3 is 2.28 bits per heavy atom. The van der Waals surface area contributed by atoms with E-state index in [1.54, 1.807) is 12.1 Å². The van der Waals surface area contributed by atoms with E-state index in [9.17, 15) is 9.18 Å². The molecule has 1 fully saturated rings. The Bertz CT molecular complexity index is 815. The molecule has 0 saturated carbocycles. The molecule has 1 aromatic heterocycles. The fourth-order valence-electron chi connectivity index (χ4n) is 3.45. The maximum atomic E-state index is 13.5. The van der Waals surface area contributed by atoms with Gasteiger partial charge in [-0.05, 0) is 65.0 Å². The fraction of sp³-hybridized carbons (Fsp3) is 0.571. The molecule has 1 amide bonds. The summed E-state index contributed by atoms with van der Waals surface area (Å²) in [5.41, 5.74) is 0.789. The maximum Gasteiger partial charge on any atom is 0.235 e. The first-order valence-corrected chi connectivity index (χ1v) is 11.1. The third-order valence-electron chi connectivity index (χ3n) is 5.44. The molecule has 3 rings (SSSR count). The summed E-state index contributed by atoms with van der Waals surface area (Å²) >= 11 is 1.41. The number of thioether (sulfide) groups is 1. The van der Waals surface area contributed by atoms with Gasteiger partial charge in [0.2, 0.25) is 5.91 Å². The van der Waals surface area contributed by atoms with Gasteiger partial charge in [-0.15, -0.1) is 10.2 Å². The van der Waals surface area contributed by atoms with Crippen molar-refractivity contribution in [1.82, 2.24) is 24.6 Å². The normalized spacial score (nSPS) is 17.2. The number of carbonyl (C=O) groups is 1. The lowest BCUT2D eigenvalue weighted by Crippen LogP contribution is -2.37. The van der Waals surface area contributed by atoms with E-state index in [-0.39, 0.29) is 23.0 Å². The highest BCUT2D eigenvalue weighted by Crippen LogP contribution is 2.30. The van der Waals surface area contributed by atoms with Crippen LogP contribution in [0.25, 0.3) is 5.69 Å². The van der Waals surface area contributed by atoms with Crippen molar-refractivity contribution >= 4 is 17.7 Å². The molecule has 0 unspecified atom stereocenters. The molecule has 1 aromatic carbocycles. The van der Waals surface area contributed by atoms with Gasteiger partial charge in [0.1, 0.15) is 5.82 Å². The summed E-state index contributed by atoms with van der Waals surface area (Å²) in [4.78, 5) is 17.0. The Labute approximate surface area is 176 Å². The van der Waals surface area contributed by atoms with E-state index in [1.807, 2.05) is 42.3 Å². The van der Waals surface area contributed by atoms with Gasteiger partial charge in [-0.3, -0.25) is 14.3 Å². The number of hydrogen-bond donors (Lipinski definition) is 0. The Morgan fingerprint density at radius 1 is 1.07 bits per heavy atom. The maximum absolute atomic E-state index is 13.5. The van der Waals surface area contributed by atoms with Gasteiger partial charge >= 0.3 is 0 Å². The van der Waals surface area contributed by atoms with E-state index < -0.39 is 0 Å². The molecule has 6 nitrogen and oxygen atoms in total. The molecule has 1 aliphatic heterocycles. The Morgan fingerprint density at radius 2 is 1.69 bits per heavy atom. The quantitative estimate of drug-likeness (QED) is 0.665. The number of carbonyl (C=O) groups excluding carboxylic acids is 1. The van der Waals surface area contributed by atoms with Gasteiger partial charge in [-0.25, -0.2) is 4.39 Å².